The van der Waals surface area contributed by atoms with Crippen LogP contribution in [0.5, 0.6) is 0 Å². The molecule has 0 atom stereocenters. The van der Waals surface area contributed by atoms with Crippen LogP contribution in [0.1, 0.15) is 17.3 Å². The molecule has 0 aromatic heterocycles. The molecule has 0 aliphatic heterocycles. The van der Waals surface area contributed by atoms with Crippen LogP contribution in [-0.2, 0) is 0 Å². The summed E-state index contributed by atoms with van der Waals surface area (Å²) in [5.74, 6) is -0.509. The van der Waals surface area contributed by atoms with E-state index in [9.17, 15) is 25.0 Å². The van der Waals surface area contributed by atoms with Gasteiger partial charge in [0.15, 0.2) is 0 Å². The molecule has 0 aliphatic carbocycles. The van der Waals surface area contributed by atoms with E-state index in [0.717, 1.165) is 12.1 Å². The van der Waals surface area contributed by atoms with E-state index in [4.69, 9.17) is 0 Å². The van der Waals surface area contributed by atoms with Gasteiger partial charge >= 0.3 is 11.4 Å². The number of carbonyl (C=O) groups is 1. The van der Waals surface area contributed by atoms with Crippen molar-refractivity contribution in [2.24, 2.45) is 0 Å². The number of carbonyl (C=O) groups excluding carboxylic acids is 1. The largest absolute Gasteiger partial charge is 0.352 e. The van der Waals surface area contributed by atoms with Crippen LogP contribution in [0.15, 0.2) is 18.2 Å². The fourth-order valence-electron chi connectivity index (χ4n) is 1.23. The molecule has 0 saturated heterocycles. The number of amides is 1. The summed E-state index contributed by atoms with van der Waals surface area (Å²) < 4.78 is 0. The highest BCUT2D eigenvalue weighted by molar-refractivity contribution is 5.95. The van der Waals surface area contributed by atoms with E-state index in [-0.39, 0.29) is 5.56 Å². The first-order chi connectivity index (χ1) is 7.97. The van der Waals surface area contributed by atoms with Crippen LogP contribution >= 0.6 is 0 Å². The van der Waals surface area contributed by atoms with Crippen LogP contribution in [0.3, 0.4) is 0 Å². The SMILES string of the molecule is CCNC(=O)c1ccc([N+](=O)[O-])c([N+](=O)[O-])c1. The lowest BCUT2D eigenvalue weighted by molar-refractivity contribution is -0.422. The van der Waals surface area contributed by atoms with Gasteiger partial charge in [0, 0.05) is 24.2 Å². The lowest BCUT2D eigenvalue weighted by Gasteiger charge is -2.01. The maximum absolute atomic E-state index is 11.4. The van der Waals surface area contributed by atoms with Gasteiger partial charge in [-0.15, -0.1) is 0 Å². The van der Waals surface area contributed by atoms with Gasteiger partial charge < -0.3 is 5.32 Å². The molecule has 0 unspecified atom stereocenters. The van der Waals surface area contributed by atoms with Gasteiger partial charge in [0.2, 0.25) is 0 Å². The molecule has 0 aliphatic rings. The number of nitro groups is 2. The Morgan fingerprint density at radius 2 is 1.82 bits per heavy atom. The van der Waals surface area contributed by atoms with E-state index in [1.165, 1.54) is 6.07 Å². The Kier molecular flexibility index (Phi) is 3.70. The summed E-state index contributed by atoms with van der Waals surface area (Å²) in [5, 5.41) is 23.6. The number of nitrogens with one attached hydrogen (secondary N) is 1. The van der Waals surface area contributed by atoms with E-state index < -0.39 is 27.1 Å². The second-order valence-corrected chi connectivity index (χ2v) is 3.08. The molecule has 1 aromatic rings. The molecule has 1 amide bonds. The highest BCUT2D eigenvalue weighted by Crippen LogP contribution is 2.27. The predicted octanol–water partition coefficient (Wildman–Crippen LogP) is 1.25. The molecule has 17 heavy (non-hydrogen) atoms. The zero-order valence-corrected chi connectivity index (χ0v) is 8.87. The molecule has 0 radical (unpaired) electrons. The van der Waals surface area contributed by atoms with Crippen LogP contribution in [0.2, 0.25) is 0 Å². The Balaban J connectivity index is 3.23. The Morgan fingerprint density at radius 1 is 1.24 bits per heavy atom. The van der Waals surface area contributed by atoms with Gasteiger partial charge in [0.05, 0.1) is 9.85 Å². The average molecular weight is 239 g/mol. The van der Waals surface area contributed by atoms with Crippen molar-refractivity contribution in [1.82, 2.24) is 5.32 Å². The minimum Gasteiger partial charge on any atom is -0.352 e. The summed E-state index contributed by atoms with van der Waals surface area (Å²) >= 11 is 0. The Hall–Kier alpha value is -2.51. The van der Waals surface area contributed by atoms with E-state index >= 15 is 0 Å². The van der Waals surface area contributed by atoms with Gasteiger partial charge in [0.1, 0.15) is 0 Å². The van der Waals surface area contributed by atoms with Crippen molar-refractivity contribution < 1.29 is 14.6 Å². The third-order valence-electron chi connectivity index (χ3n) is 1.97. The van der Waals surface area contributed by atoms with Gasteiger partial charge in [-0.05, 0) is 13.0 Å². The second kappa shape index (κ2) is 5.01. The molecular formula is C9H9N3O5. The first-order valence-corrected chi connectivity index (χ1v) is 4.68. The van der Waals surface area contributed by atoms with E-state index in [1.807, 2.05) is 0 Å². The number of nitrogens with zero attached hydrogens (tertiary/aromatic N) is 2. The minimum atomic E-state index is -0.888. The predicted molar refractivity (Wildman–Crippen MR) is 57.8 cm³/mol. The quantitative estimate of drug-likeness (QED) is 0.627. The zero-order valence-electron chi connectivity index (χ0n) is 8.87. The van der Waals surface area contributed by atoms with Crippen LogP contribution in [0.25, 0.3) is 0 Å². The van der Waals surface area contributed by atoms with Crippen molar-refractivity contribution in [1.29, 1.82) is 0 Å². The summed E-state index contributed by atoms with van der Waals surface area (Å²) in [5.41, 5.74) is -1.31. The van der Waals surface area contributed by atoms with Crippen molar-refractivity contribution in [3.63, 3.8) is 0 Å². The first kappa shape index (κ1) is 12.6. The van der Waals surface area contributed by atoms with Crippen LogP contribution in [-0.4, -0.2) is 22.3 Å². The summed E-state index contributed by atoms with van der Waals surface area (Å²) in [7, 11) is 0. The van der Waals surface area contributed by atoms with E-state index in [1.54, 1.807) is 6.92 Å². The zero-order chi connectivity index (χ0) is 13.0. The molecule has 8 nitrogen and oxygen atoms in total. The Morgan fingerprint density at radius 3 is 2.29 bits per heavy atom. The lowest BCUT2D eigenvalue weighted by Crippen LogP contribution is -2.22. The monoisotopic (exact) mass is 239 g/mol. The number of hydrogen-bond donors (Lipinski definition) is 1. The number of benzene rings is 1. The molecule has 1 N–H and O–H groups in total. The van der Waals surface area contributed by atoms with Gasteiger partial charge in [-0.3, -0.25) is 25.0 Å². The van der Waals surface area contributed by atoms with Crippen LogP contribution < -0.4 is 5.32 Å². The summed E-state index contributed by atoms with van der Waals surface area (Å²) in [6.45, 7) is 2.06. The molecular weight excluding hydrogens is 230 g/mol. The topological polar surface area (TPSA) is 115 Å². The summed E-state index contributed by atoms with van der Waals surface area (Å²) in [4.78, 5) is 30.8. The molecule has 8 heteroatoms. The highest BCUT2D eigenvalue weighted by Gasteiger charge is 2.25. The minimum absolute atomic E-state index is 0.0177. The first-order valence-electron chi connectivity index (χ1n) is 4.68. The fraction of sp³-hybridized carbons (Fsp3) is 0.222. The molecule has 1 aromatic carbocycles. The standard InChI is InChI=1S/C9H9N3O5/c1-2-10-9(13)6-3-4-7(11(14)15)8(5-6)12(16)17/h3-5H,2H2,1H3,(H,10,13). The molecule has 90 valence electrons. The smallest absolute Gasteiger partial charge is 0.346 e. The maximum atomic E-state index is 11.4. The van der Waals surface area contributed by atoms with E-state index in [0.29, 0.717) is 6.54 Å². The molecule has 0 heterocycles. The molecule has 1 rings (SSSR count). The molecule has 0 spiro atoms. The highest BCUT2D eigenvalue weighted by atomic mass is 16.6. The van der Waals surface area contributed by atoms with E-state index in [2.05, 4.69) is 5.32 Å². The number of nitro benzene ring substituents is 2. The fourth-order valence-corrected chi connectivity index (χ4v) is 1.23. The normalized spacial score (nSPS) is 9.71. The van der Waals surface area contributed by atoms with Gasteiger partial charge in [-0.2, -0.15) is 0 Å². The van der Waals surface area contributed by atoms with Gasteiger partial charge in [-0.25, -0.2) is 0 Å². The van der Waals surface area contributed by atoms with Crippen molar-refractivity contribution >= 4 is 17.3 Å². The molecule has 0 fully saturated rings. The van der Waals surface area contributed by atoms with Gasteiger partial charge in [0.25, 0.3) is 5.91 Å². The lowest BCUT2D eigenvalue weighted by atomic mass is 10.1. The van der Waals surface area contributed by atoms with Gasteiger partial charge in [-0.1, -0.05) is 0 Å². The molecule has 0 saturated carbocycles. The van der Waals surface area contributed by atoms with Crippen LogP contribution in [0, 0.1) is 20.2 Å². The van der Waals surface area contributed by atoms with Crippen molar-refractivity contribution in [2.45, 2.75) is 6.92 Å². The summed E-state index contributed by atoms with van der Waals surface area (Å²) in [6.07, 6.45) is 0. The summed E-state index contributed by atoms with van der Waals surface area (Å²) in [6, 6.07) is 3.02. The Labute approximate surface area is 95.5 Å². The van der Waals surface area contributed by atoms with Crippen molar-refractivity contribution in [3.8, 4) is 0 Å². The second-order valence-electron chi connectivity index (χ2n) is 3.08. The maximum Gasteiger partial charge on any atom is 0.346 e. The third kappa shape index (κ3) is 2.74. The average Bonchev–Trinajstić information content (AvgIpc) is 2.28. The number of rotatable bonds is 4. The number of hydrogen-bond acceptors (Lipinski definition) is 5. The third-order valence-corrected chi connectivity index (χ3v) is 1.97. The van der Waals surface area contributed by atoms with Crippen molar-refractivity contribution in [2.75, 3.05) is 6.54 Å². The Bertz CT molecular complexity index is 486. The van der Waals surface area contributed by atoms with Crippen LogP contribution in [0.4, 0.5) is 11.4 Å². The van der Waals surface area contributed by atoms with Crippen molar-refractivity contribution in [3.05, 3.63) is 44.0 Å². The molecule has 0 bridgehead atoms.